The Hall–Kier alpha value is -2.97. The number of carbonyl (C=O) groups is 3. The summed E-state index contributed by atoms with van der Waals surface area (Å²) in [5.74, 6) is -0.610. The molecule has 0 aliphatic carbocycles. The first-order chi connectivity index (χ1) is 15.5. The van der Waals surface area contributed by atoms with Crippen LogP contribution in [0.5, 0.6) is 0 Å². The van der Waals surface area contributed by atoms with Crippen molar-refractivity contribution in [3.63, 3.8) is 0 Å². The van der Waals surface area contributed by atoms with Crippen LogP contribution in [0.4, 0.5) is 0 Å². The van der Waals surface area contributed by atoms with Gasteiger partial charge in [0, 0.05) is 19.5 Å². The van der Waals surface area contributed by atoms with E-state index in [0.29, 0.717) is 40.7 Å². The highest BCUT2D eigenvalue weighted by molar-refractivity contribution is 8.26. The molecule has 1 aliphatic rings. The van der Waals surface area contributed by atoms with Crippen LogP contribution in [0.1, 0.15) is 34.3 Å². The van der Waals surface area contributed by atoms with E-state index in [-0.39, 0.29) is 11.8 Å². The molecule has 1 N–H and O–H groups in total. The van der Waals surface area contributed by atoms with Gasteiger partial charge in [-0.1, -0.05) is 66.4 Å². The van der Waals surface area contributed by atoms with Gasteiger partial charge in [0.05, 0.1) is 17.6 Å². The van der Waals surface area contributed by atoms with E-state index < -0.39 is 5.97 Å². The number of rotatable bonds is 9. The summed E-state index contributed by atoms with van der Waals surface area (Å²) in [4.78, 5) is 38.4. The van der Waals surface area contributed by atoms with Crippen LogP contribution in [0.25, 0.3) is 6.08 Å². The van der Waals surface area contributed by atoms with E-state index in [1.807, 2.05) is 30.3 Å². The Morgan fingerprint density at radius 1 is 1.12 bits per heavy atom. The molecule has 1 aliphatic heterocycles. The second kappa shape index (κ2) is 11.6. The first kappa shape index (κ1) is 23.7. The summed E-state index contributed by atoms with van der Waals surface area (Å²) in [5, 5.41) is 2.91. The average molecular weight is 469 g/mol. The number of nitrogens with zero attached hydrogens (tertiary/aromatic N) is 1. The van der Waals surface area contributed by atoms with Gasteiger partial charge in [0.25, 0.3) is 5.91 Å². The summed E-state index contributed by atoms with van der Waals surface area (Å²) in [5.41, 5.74) is 2.41. The van der Waals surface area contributed by atoms with Crippen LogP contribution in [0.2, 0.25) is 0 Å². The van der Waals surface area contributed by atoms with Crippen LogP contribution in [0.15, 0.2) is 59.5 Å². The number of hydrogen-bond acceptors (Lipinski definition) is 6. The van der Waals surface area contributed by atoms with Gasteiger partial charge in [-0.15, -0.1) is 0 Å². The lowest BCUT2D eigenvalue weighted by atomic mass is 10.1. The second-order valence-electron chi connectivity index (χ2n) is 7.14. The van der Waals surface area contributed by atoms with Crippen molar-refractivity contribution in [2.75, 3.05) is 20.2 Å². The number of carbonyl (C=O) groups excluding carboxylic acids is 3. The predicted molar refractivity (Wildman–Crippen MR) is 130 cm³/mol. The number of methoxy groups -OCH3 is 1. The van der Waals surface area contributed by atoms with Crippen molar-refractivity contribution in [1.29, 1.82) is 0 Å². The van der Waals surface area contributed by atoms with E-state index in [1.165, 1.54) is 29.3 Å². The smallest absolute Gasteiger partial charge is 0.337 e. The standard InChI is InChI=1S/C24H24N2O4S2/c1-30-23(29)19-11-9-18(10-12-19)16-20-22(28)26(24(31)32-20)15-5-8-21(27)25-14-13-17-6-3-2-4-7-17/h2-4,6-7,9-12,16H,5,8,13-15H2,1H3,(H,25,27). The van der Waals surface area contributed by atoms with E-state index in [2.05, 4.69) is 10.1 Å². The van der Waals surface area contributed by atoms with Crippen LogP contribution in [0.3, 0.4) is 0 Å². The molecular formula is C24H24N2O4S2. The van der Waals surface area contributed by atoms with Gasteiger partial charge >= 0.3 is 5.97 Å². The number of thiocarbonyl (C=S) groups is 1. The Morgan fingerprint density at radius 3 is 2.53 bits per heavy atom. The normalized spacial score (nSPS) is 14.7. The third kappa shape index (κ3) is 6.51. The van der Waals surface area contributed by atoms with E-state index >= 15 is 0 Å². The zero-order valence-corrected chi connectivity index (χ0v) is 19.3. The summed E-state index contributed by atoms with van der Waals surface area (Å²) in [6.07, 6.45) is 3.40. The van der Waals surface area contributed by atoms with Crippen LogP contribution >= 0.6 is 24.0 Å². The van der Waals surface area contributed by atoms with Crippen molar-refractivity contribution in [2.45, 2.75) is 19.3 Å². The molecular weight excluding hydrogens is 444 g/mol. The van der Waals surface area contributed by atoms with Gasteiger partial charge < -0.3 is 10.1 Å². The second-order valence-corrected chi connectivity index (χ2v) is 8.81. The number of esters is 1. The zero-order chi connectivity index (χ0) is 22.9. The van der Waals surface area contributed by atoms with Gasteiger partial charge in [-0.2, -0.15) is 0 Å². The summed E-state index contributed by atoms with van der Waals surface area (Å²) < 4.78 is 5.17. The van der Waals surface area contributed by atoms with Gasteiger partial charge in [-0.05, 0) is 42.2 Å². The third-order valence-electron chi connectivity index (χ3n) is 4.87. The summed E-state index contributed by atoms with van der Waals surface area (Å²) in [6, 6.07) is 16.8. The molecule has 32 heavy (non-hydrogen) atoms. The summed E-state index contributed by atoms with van der Waals surface area (Å²) in [6.45, 7) is 0.983. The van der Waals surface area contributed by atoms with Crippen molar-refractivity contribution in [3.05, 3.63) is 76.2 Å². The Kier molecular flexibility index (Phi) is 8.58. The molecule has 2 aromatic rings. The molecule has 2 amide bonds. The number of hydrogen-bond donors (Lipinski definition) is 1. The molecule has 6 nitrogen and oxygen atoms in total. The van der Waals surface area contributed by atoms with Crippen LogP contribution in [0, 0.1) is 0 Å². The Bertz CT molecular complexity index is 1020. The first-order valence-corrected chi connectivity index (χ1v) is 11.4. The molecule has 166 valence electrons. The molecule has 0 atom stereocenters. The first-order valence-electron chi connectivity index (χ1n) is 10.2. The van der Waals surface area contributed by atoms with E-state index in [1.54, 1.807) is 30.3 Å². The predicted octanol–water partition coefficient (Wildman–Crippen LogP) is 3.81. The zero-order valence-electron chi connectivity index (χ0n) is 17.7. The maximum Gasteiger partial charge on any atom is 0.337 e. The highest BCUT2D eigenvalue weighted by Crippen LogP contribution is 2.32. The van der Waals surface area contributed by atoms with Gasteiger partial charge in [-0.3, -0.25) is 14.5 Å². The van der Waals surface area contributed by atoms with E-state index in [0.717, 1.165) is 12.0 Å². The molecule has 0 aromatic heterocycles. The number of ether oxygens (including phenoxy) is 1. The summed E-state index contributed by atoms with van der Waals surface area (Å²) >= 11 is 6.59. The SMILES string of the molecule is COC(=O)c1ccc(C=C2SC(=S)N(CCCC(=O)NCCc3ccccc3)C2=O)cc1. The molecule has 8 heteroatoms. The molecule has 3 rings (SSSR count). The van der Waals surface area contributed by atoms with Crippen LogP contribution in [-0.2, 0) is 20.7 Å². The minimum Gasteiger partial charge on any atom is -0.465 e. The molecule has 0 radical (unpaired) electrons. The largest absolute Gasteiger partial charge is 0.465 e. The molecule has 0 saturated carbocycles. The van der Waals surface area contributed by atoms with Crippen LogP contribution in [-0.4, -0.2) is 47.2 Å². The fraction of sp³-hybridized carbons (Fsp3) is 0.250. The molecule has 1 heterocycles. The highest BCUT2D eigenvalue weighted by atomic mass is 32.2. The van der Waals surface area contributed by atoms with E-state index in [9.17, 15) is 14.4 Å². The fourth-order valence-corrected chi connectivity index (χ4v) is 4.46. The monoisotopic (exact) mass is 468 g/mol. The van der Waals surface area contributed by atoms with Crippen LogP contribution < -0.4 is 5.32 Å². The molecule has 0 bridgehead atoms. The van der Waals surface area contributed by atoms with Gasteiger partial charge in [-0.25, -0.2) is 4.79 Å². The lowest BCUT2D eigenvalue weighted by molar-refractivity contribution is -0.123. The molecule has 1 fully saturated rings. The van der Waals surface area contributed by atoms with Crippen molar-refractivity contribution in [2.24, 2.45) is 0 Å². The Labute approximate surface area is 197 Å². The minimum absolute atomic E-state index is 0.0346. The van der Waals surface area contributed by atoms with Gasteiger partial charge in [0.15, 0.2) is 0 Å². The Morgan fingerprint density at radius 2 is 1.84 bits per heavy atom. The van der Waals surface area contributed by atoms with Gasteiger partial charge in [0.1, 0.15) is 4.32 Å². The summed E-state index contributed by atoms with van der Waals surface area (Å²) in [7, 11) is 1.33. The van der Waals surface area contributed by atoms with Crippen molar-refractivity contribution < 1.29 is 19.1 Å². The third-order valence-corrected chi connectivity index (χ3v) is 6.25. The quantitative estimate of drug-likeness (QED) is 0.343. The van der Waals surface area contributed by atoms with Crippen molar-refractivity contribution >= 4 is 52.2 Å². The highest BCUT2D eigenvalue weighted by Gasteiger charge is 2.31. The maximum atomic E-state index is 12.7. The molecule has 2 aromatic carbocycles. The van der Waals surface area contributed by atoms with E-state index in [4.69, 9.17) is 12.2 Å². The molecule has 1 saturated heterocycles. The molecule has 0 unspecified atom stereocenters. The van der Waals surface area contributed by atoms with Crippen molar-refractivity contribution in [1.82, 2.24) is 10.2 Å². The lowest BCUT2D eigenvalue weighted by Gasteiger charge is -2.14. The average Bonchev–Trinajstić information content (AvgIpc) is 3.07. The van der Waals surface area contributed by atoms with Crippen molar-refractivity contribution in [3.8, 4) is 0 Å². The number of thioether (sulfide) groups is 1. The maximum absolute atomic E-state index is 12.7. The number of nitrogens with one attached hydrogen (secondary N) is 1. The Balaban J connectivity index is 1.45. The lowest BCUT2D eigenvalue weighted by Crippen LogP contribution is -2.31. The minimum atomic E-state index is -0.410. The molecule has 0 spiro atoms. The van der Waals surface area contributed by atoms with Gasteiger partial charge in [0.2, 0.25) is 5.91 Å². The fourth-order valence-electron chi connectivity index (χ4n) is 3.15. The number of benzene rings is 2. The number of amides is 2. The topological polar surface area (TPSA) is 75.7 Å².